The summed E-state index contributed by atoms with van der Waals surface area (Å²) in [5, 5.41) is 6.90. The average Bonchev–Trinajstić information content (AvgIpc) is 3.23. The Morgan fingerprint density at radius 1 is 1.35 bits per heavy atom. The Kier molecular flexibility index (Phi) is 3.93. The lowest BCUT2D eigenvalue weighted by Gasteiger charge is -2.27. The Morgan fingerprint density at radius 3 is 3.00 bits per heavy atom. The van der Waals surface area contributed by atoms with Crippen LogP contribution in [0.1, 0.15) is 32.6 Å². The molecule has 124 valence electrons. The van der Waals surface area contributed by atoms with Gasteiger partial charge in [-0.1, -0.05) is 11.6 Å². The van der Waals surface area contributed by atoms with E-state index in [-0.39, 0.29) is 12.0 Å². The molecule has 0 aromatic rings. The van der Waals surface area contributed by atoms with Gasteiger partial charge in [0.15, 0.2) is 6.04 Å². The van der Waals surface area contributed by atoms with Crippen molar-refractivity contribution in [1.29, 1.82) is 0 Å². The van der Waals surface area contributed by atoms with Crippen LogP contribution in [0, 0.1) is 11.8 Å². The number of aldehydes is 1. The molecule has 2 N–H and O–H groups in total. The van der Waals surface area contributed by atoms with Gasteiger partial charge in [0.2, 0.25) is 6.29 Å². The number of hydrogen-bond acceptors (Lipinski definition) is 3. The van der Waals surface area contributed by atoms with Gasteiger partial charge in [-0.25, -0.2) is 14.3 Å². The van der Waals surface area contributed by atoms with Crippen molar-refractivity contribution >= 4 is 12.5 Å². The lowest BCUT2D eigenvalue weighted by Crippen LogP contribution is -2.35. The largest absolute Gasteiger partial charge is 0.310 e. The summed E-state index contributed by atoms with van der Waals surface area (Å²) in [5.41, 5.74) is 2.15. The zero-order valence-electron chi connectivity index (χ0n) is 13.6. The molecule has 0 spiro atoms. The minimum absolute atomic E-state index is 0.0382. The third-order valence-corrected chi connectivity index (χ3v) is 6.02. The van der Waals surface area contributed by atoms with Gasteiger partial charge in [0.1, 0.15) is 12.0 Å². The molecule has 3 aliphatic heterocycles. The summed E-state index contributed by atoms with van der Waals surface area (Å²) in [6, 6.07) is 0.817. The number of allylic oxidation sites excluding steroid dienone is 3. The second-order valence-corrected chi connectivity index (χ2v) is 7.33. The van der Waals surface area contributed by atoms with E-state index in [2.05, 4.69) is 27.5 Å². The van der Waals surface area contributed by atoms with Crippen molar-refractivity contribution in [2.45, 2.75) is 50.9 Å². The van der Waals surface area contributed by atoms with Crippen LogP contribution >= 0.6 is 0 Å². The van der Waals surface area contributed by atoms with Gasteiger partial charge in [-0.15, -0.1) is 0 Å². The molecule has 5 unspecified atom stereocenters. The Bertz CT molecular complexity index is 609. The molecule has 4 nitrogen and oxygen atoms in total. The SMILES string of the molecule is CC1=C(F)CCC(C2NCCC2C2C=[N+]3C(CNC3C=O)C2)=C1. The first kappa shape index (κ1) is 15.2. The highest BCUT2D eigenvalue weighted by Gasteiger charge is 2.48. The topological polar surface area (TPSA) is 44.1 Å². The Labute approximate surface area is 136 Å². The highest BCUT2D eigenvalue weighted by Crippen LogP contribution is 2.38. The van der Waals surface area contributed by atoms with Gasteiger partial charge < -0.3 is 5.32 Å². The van der Waals surface area contributed by atoms with E-state index in [0.717, 1.165) is 44.2 Å². The molecular formula is C18H25FN3O+. The summed E-state index contributed by atoms with van der Waals surface area (Å²) in [6.45, 7) is 3.80. The molecule has 0 saturated carbocycles. The quantitative estimate of drug-likeness (QED) is 0.613. The average molecular weight is 318 g/mol. The van der Waals surface area contributed by atoms with E-state index in [9.17, 15) is 9.18 Å². The zero-order chi connectivity index (χ0) is 16.0. The van der Waals surface area contributed by atoms with Gasteiger partial charge in [-0.3, -0.25) is 4.79 Å². The van der Waals surface area contributed by atoms with Crippen LogP contribution in [0.3, 0.4) is 0 Å². The summed E-state index contributed by atoms with van der Waals surface area (Å²) in [4.78, 5) is 11.2. The van der Waals surface area contributed by atoms with Gasteiger partial charge in [-0.05, 0) is 37.8 Å². The minimum Gasteiger partial charge on any atom is -0.310 e. The Hall–Kier alpha value is -1.33. The summed E-state index contributed by atoms with van der Waals surface area (Å²) in [7, 11) is 0. The molecule has 5 atom stereocenters. The molecular weight excluding hydrogens is 293 g/mol. The van der Waals surface area contributed by atoms with Crippen molar-refractivity contribution in [3.8, 4) is 0 Å². The maximum Gasteiger partial charge on any atom is 0.263 e. The van der Waals surface area contributed by atoms with E-state index in [0.29, 0.717) is 30.3 Å². The fourth-order valence-corrected chi connectivity index (χ4v) is 4.83. The van der Waals surface area contributed by atoms with Crippen molar-refractivity contribution in [3.63, 3.8) is 0 Å². The van der Waals surface area contributed by atoms with Gasteiger partial charge in [0.25, 0.3) is 6.17 Å². The molecule has 0 amide bonds. The molecule has 1 aliphatic carbocycles. The van der Waals surface area contributed by atoms with Gasteiger partial charge in [-0.2, -0.15) is 0 Å². The van der Waals surface area contributed by atoms with Crippen molar-refractivity contribution in [3.05, 3.63) is 23.0 Å². The minimum atomic E-state index is -0.147. The molecule has 3 heterocycles. The number of nitrogens with one attached hydrogen (secondary N) is 2. The number of nitrogens with zero attached hydrogens (tertiary/aromatic N) is 1. The van der Waals surface area contributed by atoms with Crippen LogP contribution < -0.4 is 10.6 Å². The first-order valence-corrected chi connectivity index (χ1v) is 8.77. The number of carbonyl (C=O) groups excluding carboxylic acids is 1. The van der Waals surface area contributed by atoms with E-state index in [1.807, 2.05) is 6.92 Å². The lowest BCUT2D eigenvalue weighted by molar-refractivity contribution is -0.553. The third-order valence-electron chi connectivity index (χ3n) is 6.02. The van der Waals surface area contributed by atoms with E-state index in [1.165, 1.54) is 5.57 Å². The molecule has 23 heavy (non-hydrogen) atoms. The van der Waals surface area contributed by atoms with Crippen LogP contribution in [-0.2, 0) is 4.79 Å². The Morgan fingerprint density at radius 2 is 2.22 bits per heavy atom. The summed E-state index contributed by atoms with van der Waals surface area (Å²) >= 11 is 0. The predicted octanol–water partition coefficient (Wildman–Crippen LogP) is 1.53. The number of carbonyl (C=O) groups is 1. The smallest absolute Gasteiger partial charge is 0.263 e. The van der Waals surface area contributed by atoms with Crippen LogP contribution in [0.4, 0.5) is 4.39 Å². The molecule has 4 aliphatic rings. The van der Waals surface area contributed by atoms with Gasteiger partial charge >= 0.3 is 0 Å². The first-order chi connectivity index (χ1) is 11.2. The van der Waals surface area contributed by atoms with Crippen LogP contribution in [0.2, 0.25) is 0 Å². The normalized spacial score (nSPS) is 40.2. The number of halogens is 1. The number of rotatable bonds is 3. The molecule has 2 fully saturated rings. The standard InChI is InChI=1S/C18H25FN3O/c1-11-6-12(2-3-16(11)19)18-15(4-5-20-18)13-7-14-8-21-17(10-23)22(14)9-13/h6,9-10,13-15,17-18,20-21H,2-5,7-8H2,1H3/q+1. The molecule has 2 saturated heterocycles. The summed E-state index contributed by atoms with van der Waals surface area (Å²) in [5.74, 6) is 1.12. The molecule has 5 heteroatoms. The molecule has 0 bridgehead atoms. The molecule has 4 rings (SSSR count). The second kappa shape index (κ2) is 5.95. The zero-order valence-corrected chi connectivity index (χ0v) is 13.6. The van der Waals surface area contributed by atoms with E-state index in [4.69, 9.17) is 0 Å². The summed E-state index contributed by atoms with van der Waals surface area (Å²) < 4.78 is 15.9. The fourth-order valence-electron chi connectivity index (χ4n) is 4.83. The molecule has 0 radical (unpaired) electrons. The van der Waals surface area contributed by atoms with Gasteiger partial charge in [0.05, 0.1) is 6.54 Å². The van der Waals surface area contributed by atoms with Gasteiger partial charge in [0, 0.05) is 24.8 Å². The number of hydrogen-bond donors (Lipinski definition) is 2. The van der Waals surface area contributed by atoms with Crippen molar-refractivity contribution in [2.24, 2.45) is 11.8 Å². The predicted molar refractivity (Wildman–Crippen MR) is 87.1 cm³/mol. The first-order valence-electron chi connectivity index (χ1n) is 8.77. The monoisotopic (exact) mass is 318 g/mol. The highest BCUT2D eigenvalue weighted by molar-refractivity contribution is 5.63. The molecule has 0 aromatic carbocycles. The summed E-state index contributed by atoms with van der Waals surface area (Å²) in [6.07, 6.45) is 8.86. The van der Waals surface area contributed by atoms with E-state index in [1.54, 1.807) is 0 Å². The van der Waals surface area contributed by atoms with Crippen LogP contribution in [0.5, 0.6) is 0 Å². The maximum absolute atomic E-state index is 13.6. The van der Waals surface area contributed by atoms with Crippen LogP contribution in [0.25, 0.3) is 0 Å². The van der Waals surface area contributed by atoms with E-state index < -0.39 is 0 Å². The van der Waals surface area contributed by atoms with Crippen LogP contribution in [0.15, 0.2) is 23.0 Å². The maximum atomic E-state index is 13.6. The van der Waals surface area contributed by atoms with E-state index >= 15 is 0 Å². The van der Waals surface area contributed by atoms with Crippen molar-refractivity contribution in [2.75, 3.05) is 13.1 Å². The number of fused-ring (bicyclic) bond motifs is 1. The Balaban J connectivity index is 1.54. The van der Waals surface area contributed by atoms with Crippen LogP contribution in [-0.4, -0.2) is 48.4 Å². The second-order valence-electron chi connectivity index (χ2n) is 7.33. The molecule has 0 aromatic heterocycles. The van der Waals surface area contributed by atoms with Crippen molar-refractivity contribution in [1.82, 2.24) is 10.6 Å². The highest BCUT2D eigenvalue weighted by atomic mass is 19.1. The lowest BCUT2D eigenvalue weighted by atomic mass is 9.79. The third kappa shape index (κ3) is 2.60. The van der Waals surface area contributed by atoms with Crippen molar-refractivity contribution < 1.29 is 13.8 Å². The fraction of sp³-hybridized carbons (Fsp3) is 0.667.